The number of nitrogens with zero attached hydrogens (tertiary/aromatic N) is 7. The first kappa shape index (κ1) is 22.3. The van der Waals surface area contributed by atoms with Gasteiger partial charge >= 0.3 is 0 Å². The maximum atomic E-state index is 13.7. The van der Waals surface area contributed by atoms with E-state index in [2.05, 4.69) is 30.6 Å². The molecule has 0 unspecified atom stereocenters. The lowest BCUT2D eigenvalue weighted by molar-refractivity contribution is -0.107. The Kier molecular flexibility index (Phi) is 5.73. The molecular formula is C24H20F2N8O. The molecule has 0 saturated carbocycles. The molecule has 5 aromatic rings. The Balaban J connectivity index is 1.55. The van der Waals surface area contributed by atoms with E-state index < -0.39 is 6.43 Å². The highest BCUT2D eigenvalue weighted by molar-refractivity contribution is 5.82. The number of anilines is 2. The minimum absolute atomic E-state index is 0.0197. The highest BCUT2D eigenvalue weighted by Gasteiger charge is 2.20. The Morgan fingerprint density at radius 2 is 1.89 bits per heavy atom. The van der Waals surface area contributed by atoms with Crippen molar-refractivity contribution in [1.29, 1.82) is 0 Å². The van der Waals surface area contributed by atoms with Gasteiger partial charge in [-0.3, -0.25) is 4.57 Å². The van der Waals surface area contributed by atoms with Crippen LogP contribution in [-0.4, -0.2) is 40.8 Å². The van der Waals surface area contributed by atoms with Crippen LogP contribution in [0.2, 0.25) is 0 Å². The summed E-state index contributed by atoms with van der Waals surface area (Å²) >= 11 is 0. The summed E-state index contributed by atoms with van der Waals surface area (Å²) in [4.78, 5) is 20.3. The summed E-state index contributed by atoms with van der Waals surface area (Å²) in [7, 11) is 0. The van der Waals surface area contributed by atoms with E-state index in [9.17, 15) is 13.6 Å². The number of rotatable bonds is 7. The molecule has 9 nitrogen and oxygen atoms in total. The largest absolute Gasteiger partial charge is 0.339 e. The monoisotopic (exact) mass is 474 g/mol. The first-order valence-corrected chi connectivity index (χ1v) is 10.8. The molecule has 4 heterocycles. The summed E-state index contributed by atoms with van der Waals surface area (Å²) in [5, 5.41) is 15.5. The normalized spacial score (nSPS) is 11.3. The summed E-state index contributed by atoms with van der Waals surface area (Å²) in [6.45, 7) is 3.49. The molecule has 1 aromatic carbocycles. The lowest BCUT2D eigenvalue weighted by atomic mass is 10.2. The lowest BCUT2D eigenvalue weighted by Crippen LogP contribution is -2.11. The van der Waals surface area contributed by atoms with Gasteiger partial charge in [0.25, 0.3) is 6.43 Å². The van der Waals surface area contributed by atoms with Crippen molar-refractivity contribution < 1.29 is 13.6 Å². The summed E-state index contributed by atoms with van der Waals surface area (Å²) in [6.07, 6.45) is -0.415. The predicted molar refractivity (Wildman–Crippen MR) is 126 cm³/mol. The average Bonchev–Trinajstić information content (AvgIpc) is 3.44. The number of imidazole rings is 1. The highest BCUT2D eigenvalue weighted by atomic mass is 19.3. The Morgan fingerprint density at radius 1 is 1.03 bits per heavy atom. The first-order chi connectivity index (χ1) is 16.9. The van der Waals surface area contributed by atoms with Gasteiger partial charge in [-0.25, -0.2) is 23.4 Å². The zero-order chi connectivity index (χ0) is 24.5. The SMILES string of the molecule is Cc1ccc(Nc2ccc3c(c2)ncn3-c2ccc(CC=O)c(-n3nc(C)cc3C(F)F)n2)nn1. The topological polar surface area (TPSA) is 103 Å². The molecule has 35 heavy (non-hydrogen) atoms. The summed E-state index contributed by atoms with van der Waals surface area (Å²) < 4.78 is 30.2. The van der Waals surface area contributed by atoms with Gasteiger partial charge in [0.1, 0.15) is 24.1 Å². The van der Waals surface area contributed by atoms with E-state index in [0.29, 0.717) is 34.7 Å². The number of pyridine rings is 1. The van der Waals surface area contributed by atoms with Crippen LogP contribution >= 0.6 is 0 Å². The quantitative estimate of drug-likeness (QED) is 0.348. The molecular weight excluding hydrogens is 454 g/mol. The fourth-order valence-electron chi connectivity index (χ4n) is 3.76. The first-order valence-electron chi connectivity index (χ1n) is 10.8. The molecule has 11 heteroatoms. The Labute approximate surface area is 198 Å². The van der Waals surface area contributed by atoms with E-state index in [1.54, 1.807) is 30.0 Å². The number of carbonyl (C=O) groups is 1. The zero-order valence-electron chi connectivity index (χ0n) is 18.9. The molecule has 0 atom stereocenters. The second-order valence-electron chi connectivity index (χ2n) is 7.95. The van der Waals surface area contributed by atoms with Crippen molar-refractivity contribution in [1.82, 2.24) is 34.5 Å². The molecule has 1 N–H and O–H groups in total. The molecule has 176 valence electrons. The van der Waals surface area contributed by atoms with Crippen LogP contribution in [-0.2, 0) is 11.2 Å². The van der Waals surface area contributed by atoms with E-state index >= 15 is 0 Å². The van der Waals surface area contributed by atoms with Gasteiger partial charge < -0.3 is 10.1 Å². The fourth-order valence-corrected chi connectivity index (χ4v) is 3.76. The van der Waals surface area contributed by atoms with Crippen LogP contribution in [0.4, 0.5) is 20.3 Å². The summed E-state index contributed by atoms with van der Waals surface area (Å²) in [5.41, 5.74) is 3.69. The van der Waals surface area contributed by atoms with Gasteiger partial charge in [-0.1, -0.05) is 6.07 Å². The second-order valence-corrected chi connectivity index (χ2v) is 7.95. The summed E-state index contributed by atoms with van der Waals surface area (Å²) in [5.74, 6) is 1.24. The molecule has 0 aliphatic carbocycles. The number of benzene rings is 1. The van der Waals surface area contributed by atoms with Crippen LogP contribution in [0.25, 0.3) is 22.7 Å². The van der Waals surface area contributed by atoms with E-state index in [1.807, 2.05) is 37.3 Å². The summed E-state index contributed by atoms with van der Waals surface area (Å²) in [6, 6.07) is 14.0. The number of nitrogens with one attached hydrogen (secondary N) is 1. The standard InChI is InChI=1S/C24H20F2N8O/c1-14-3-7-21(31-30-14)28-17-5-6-19-18(12-17)27-13-33(19)22-8-4-16(9-10-35)24(29-22)34-20(23(25)26)11-15(2)32-34/h3-8,10-13,23H,9H2,1-2H3,(H,28,31). The number of halogens is 2. The Morgan fingerprint density at radius 3 is 2.63 bits per heavy atom. The maximum absolute atomic E-state index is 13.7. The molecule has 4 aromatic heterocycles. The smallest absolute Gasteiger partial charge is 0.280 e. The molecule has 0 fully saturated rings. The number of hydrogen-bond acceptors (Lipinski definition) is 7. The van der Waals surface area contributed by atoms with E-state index in [0.717, 1.165) is 21.6 Å². The minimum Gasteiger partial charge on any atom is -0.339 e. The molecule has 5 rings (SSSR count). The molecule has 0 amide bonds. The van der Waals surface area contributed by atoms with Crippen molar-refractivity contribution in [2.75, 3.05) is 5.32 Å². The fraction of sp³-hybridized carbons (Fsp3) is 0.167. The van der Waals surface area contributed by atoms with Crippen LogP contribution in [0.3, 0.4) is 0 Å². The molecule has 0 aliphatic rings. The number of aromatic nitrogens is 7. The highest BCUT2D eigenvalue weighted by Crippen LogP contribution is 2.27. The van der Waals surface area contributed by atoms with Gasteiger partial charge in [0, 0.05) is 17.7 Å². The number of fused-ring (bicyclic) bond motifs is 1. The van der Waals surface area contributed by atoms with Gasteiger partial charge in [-0.05, 0) is 56.3 Å². The number of aldehydes is 1. The number of carbonyl (C=O) groups excluding carboxylic acids is 1. The van der Waals surface area contributed by atoms with Crippen molar-refractivity contribution in [3.63, 3.8) is 0 Å². The maximum Gasteiger partial charge on any atom is 0.280 e. The van der Waals surface area contributed by atoms with Crippen LogP contribution < -0.4 is 5.32 Å². The predicted octanol–water partition coefficient (Wildman–Crippen LogP) is 4.44. The van der Waals surface area contributed by atoms with Crippen LogP contribution in [0.1, 0.15) is 29.1 Å². The van der Waals surface area contributed by atoms with Crippen LogP contribution in [0.15, 0.2) is 54.9 Å². The number of aryl methyl sites for hydroxylation is 2. The van der Waals surface area contributed by atoms with E-state index in [4.69, 9.17) is 0 Å². The van der Waals surface area contributed by atoms with Crippen LogP contribution in [0.5, 0.6) is 0 Å². The Bertz CT molecular complexity index is 1520. The third-order valence-corrected chi connectivity index (χ3v) is 5.39. The zero-order valence-corrected chi connectivity index (χ0v) is 18.9. The van der Waals surface area contributed by atoms with E-state index in [-0.39, 0.29) is 17.9 Å². The third kappa shape index (κ3) is 4.35. The van der Waals surface area contributed by atoms with Gasteiger partial charge in [0.15, 0.2) is 11.6 Å². The van der Waals surface area contributed by atoms with Crippen LogP contribution in [0, 0.1) is 13.8 Å². The number of alkyl halides is 2. The number of hydrogen-bond donors (Lipinski definition) is 1. The Hall–Kier alpha value is -4.54. The molecule has 0 spiro atoms. The van der Waals surface area contributed by atoms with Gasteiger partial charge in [0.05, 0.1) is 22.4 Å². The van der Waals surface area contributed by atoms with Crippen molar-refractivity contribution in [3.8, 4) is 11.6 Å². The molecule has 0 radical (unpaired) electrons. The van der Waals surface area contributed by atoms with E-state index in [1.165, 1.54) is 6.07 Å². The average molecular weight is 474 g/mol. The van der Waals surface area contributed by atoms with Crippen molar-refractivity contribution in [2.45, 2.75) is 26.7 Å². The third-order valence-electron chi connectivity index (χ3n) is 5.39. The minimum atomic E-state index is -2.75. The van der Waals surface area contributed by atoms with Crippen molar-refractivity contribution in [2.24, 2.45) is 0 Å². The van der Waals surface area contributed by atoms with Gasteiger partial charge in [-0.15, -0.1) is 5.10 Å². The van der Waals surface area contributed by atoms with Gasteiger partial charge in [-0.2, -0.15) is 10.2 Å². The second kappa shape index (κ2) is 9.01. The van der Waals surface area contributed by atoms with Crippen molar-refractivity contribution in [3.05, 3.63) is 77.5 Å². The molecule has 0 saturated heterocycles. The molecule has 0 aliphatic heterocycles. The van der Waals surface area contributed by atoms with Gasteiger partial charge in [0.2, 0.25) is 0 Å². The molecule has 0 bridgehead atoms. The van der Waals surface area contributed by atoms with Crippen molar-refractivity contribution >= 4 is 28.8 Å². The lowest BCUT2D eigenvalue weighted by Gasteiger charge is -2.13.